The van der Waals surface area contributed by atoms with Crippen LogP contribution in [0.25, 0.3) is 0 Å². The van der Waals surface area contributed by atoms with Crippen LogP contribution in [-0.4, -0.2) is 57.0 Å². The number of amides is 1. The van der Waals surface area contributed by atoms with Crippen molar-refractivity contribution in [3.63, 3.8) is 0 Å². The zero-order chi connectivity index (χ0) is 23.6. The van der Waals surface area contributed by atoms with Gasteiger partial charge in [0.05, 0.1) is 22.8 Å². The van der Waals surface area contributed by atoms with Gasteiger partial charge in [-0.1, -0.05) is 6.07 Å². The molecule has 2 atom stereocenters. The van der Waals surface area contributed by atoms with Crippen LogP contribution in [0.4, 0.5) is 15.8 Å². The molecule has 1 amide bonds. The van der Waals surface area contributed by atoms with Gasteiger partial charge in [0, 0.05) is 37.4 Å². The SMILES string of the molecule is CC1CN(c2ccc(NC(=O)c3cccc(S(=O)(=O)N(C)C(C)C)c3)cc2F)CC(C)O1. The number of benzene rings is 2. The normalized spacial score (nSPS) is 19.4. The summed E-state index contributed by atoms with van der Waals surface area (Å²) >= 11 is 0. The van der Waals surface area contributed by atoms with E-state index in [2.05, 4.69) is 5.32 Å². The maximum absolute atomic E-state index is 14.8. The van der Waals surface area contributed by atoms with Gasteiger partial charge in [0.1, 0.15) is 5.82 Å². The van der Waals surface area contributed by atoms with Gasteiger partial charge in [0.25, 0.3) is 5.91 Å². The van der Waals surface area contributed by atoms with Crippen molar-refractivity contribution in [3.8, 4) is 0 Å². The molecule has 0 spiro atoms. The van der Waals surface area contributed by atoms with Gasteiger partial charge in [-0.15, -0.1) is 0 Å². The molecule has 1 saturated heterocycles. The smallest absolute Gasteiger partial charge is 0.255 e. The summed E-state index contributed by atoms with van der Waals surface area (Å²) in [5, 5.41) is 2.65. The van der Waals surface area contributed by atoms with E-state index in [9.17, 15) is 17.6 Å². The third-order valence-corrected chi connectivity index (χ3v) is 7.50. The average molecular weight is 464 g/mol. The number of carbonyl (C=O) groups excluding carboxylic acids is 1. The lowest BCUT2D eigenvalue weighted by atomic mass is 10.1. The summed E-state index contributed by atoms with van der Waals surface area (Å²) < 4.78 is 47.2. The topological polar surface area (TPSA) is 79.0 Å². The summed E-state index contributed by atoms with van der Waals surface area (Å²) in [5.41, 5.74) is 0.913. The Bertz CT molecular complexity index is 1080. The lowest BCUT2D eigenvalue weighted by molar-refractivity contribution is -0.00539. The Labute approximate surface area is 189 Å². The van der Waals surface area contributed by atoms with Gasteiger partial charge in [0.2, 0.25) is 10.0 Å². The predicted molar refractivity (Wildman–Crippen MR) is 123 cm³/mol. The fourth-order valence-electron chi connectivity index (χ4n) is 3.66. The Balaban J connectivity index is 1.77. The molecule has 2 aromatic rings. The lowest BCUT2D eigenvalue weighted by Crippen LogP contribution is -2.45. The van der Waals surface area contributed by atoms with Crippen LogP contribution < -0.4 is 10.2 Å². The Morgan fingerprint density at radius 2 is 1.81 bits per heavy atom. The minimum absolute atomic E-state index is 0.00387. The number of hydrogen-bond acceptors (Lipinski definition) is 5. The summed E-state index contributed by atoms with van der Waals surface area (Å²) in [6.07, 6.45) is -0.00773. The fraction of sp³-hybridized carbons (Fsp3) is 0.435. The summed E-state index contributed by atoms with van der Waals surface area (Å²) in [5.74, 6) is -0.964. The number of sulfonamides is 1. The minimum atomic E-state index is -3.72. The van der Waals surface area contributed by atoms with E-state index in [1.807, 2.05) is 18.7 Å². The number of morpholine rings is 1. The molecule has 1 aliphatic heterocycles. The molecule has 3 rings (SSSR count). The van der Waals surface area contributed by atoms with Crippen molar-refractivity contribution >= 4 is 27.3 Å². The molecule has 1 heterocycles. The van der Waals surface area contributed by atoms with E-state index >= 15 is 0 Å². The maximum atomic E-state index is 14.8. The first-order chi connectivity index (χ1) is 15.0. The predicted octanol–water partition coefficient (Wildman–Crippen LogP) is 3.72. The van der Waals surface area contributed by atoms with Crippen LogP contribution >= 0.6 is 0 Å². The first kappa shape index (κ1) is 24.2. The quantitative estimate of drug-likeness (QED) is 0.706. The van der Waals surface area contributed by atoms with Crippen molar-refractivity contribution in [2.45, 2.75) is 50.8 Å². The van der Waals surface area contributed by atoms with E-state index in [4.69, 9.17) is 4.74 Å². The molecule has 2 aromatic carbocycles. The highest BCUT2D eigenvalue weighted by molar-refractivity contribution is 7.89. The number of nitrogens with one attached hydrogen (secondary N) is 1. The van der Waals surface area contributed by atoms with Gasteiger partial charge in [-0.25, -0.2) is 12.8 Å². The second-order valence-corrected chi connectivity index (χ2v) is 10.4. The highest BCUT2D eigenvalue weighted by Crippen LogP contribution is 2.26. The van der Waals surface area contributed by atoms with Crippen LogP contribution in [0.2, 0.25) is 0 Å². The number of anilines is 2. The summed E-state index contributed by atoms with van der Waals surface area (Å²) in [6.45, 7) is 8.60. The summed E-state index contributed by atoms with van der Waals surface area (Å²) in [4.78, 5) is 14.7. The van der Waals surface area contributed by atoms with E-state index in [0.717, 1.165) is 0 Å². The molecular weight excluding hydrogens is 433 g/mol. The van der Waals surface area contributed by atoms with Crippen LogP contribution in [0, 0.1) is 5.82 Å². The third-order valence-electron chi connectivity index (χ3n) is 5.47. The van der Waals surface area contributed by atoms with Crippen LogP contribution in [0.15, 0.2) is 47.4 Å². The van der Waals surface area contributed by atoms with Gasteiger partial charge in [-0.3, -0.25) is 4.79 Å². The molecule has 174 valence electrons. The van der Waals surface area contributed by atoms with Crippen LogP contribution in [0.1, 0.15) is 38.1 Å². The van der Waals surface area contributed by atoms with Crippen molar-refractivity contribution in [2.24, 2.45) is 0 Å². The van der Waals surface area contributed by atoms with Gasteiger partial charge >= 0.3 is 0 Å². The second kappa shape index (κ2) is 9.56. The maximum Gasteiger partial charge on any atom is 0.255 e. The van der Waals surface area contributed by atoms with Gasteiger partial charge in [-0.2, -0.15) is 4.31 Å². The van der Waals surface area contributed by atoms with Crippen molar-refractivity contribution < 1.29 is 22.3 Å². The van der Waals surface area contributed by atoms with E-state index in [1.54, 1.807) is 26.0 Å². The molecular formula is C23H30FN3O4S. The molecule has 9 heteroatoms. The van der Waals surface area contributed by atoms with Gasteiger partial charge in [-0.05, 0) is 64.1 Å². The fourth-order valence-corrected chi connectivity index (χ4v) is 5.07. The monoisotopic (exact) mass is 463 g/mol. The number of carbonyl (C=O) groups is 1. The van der Waals surface area contributed by atoms with Crippen molar-refractivity contribution in [3.05, 3.63) is 53.8 Å². The molecule has 32 heavy (non-hydrogen) atoms. The number of ether oxygens (including phenoxy) is 1. The Morgan fingerprint density at radius 1 is 1.16 bits per heavy atom. The highest BCUT2D eigenvalue weighted by atomic mass is 32.2. The molecule has 0 aromatic heterocycles. The van der Waals surface area contributed by atoms with E-state index < -0.39 is 21.7 Å². The number of nitrogens with zero attached hydrogens (tertiary/aromatic N) is 2. The molecule has 7 nitrogen and oxygen atoms in total. The molecule has 2 unspecified atom stereocenters. The Kier molecular flexibility index (Phi) is 7.22. The zero-order valence-electron chi connectivity index (χ0n) is 19.0. The highest BCUT2D eigenvalue weighted by Gasteiger charge is 2.25. The van der Waals surface area contributed by atoms with E-state index in [0.29, 0.717) is 18.8 Å². The third kappa shape index (κ3) is 5.28. The molecule has 1 aliphatic rings. The molecule has 0 saturated carbocycles. The molecule has 0 aliphatic carbocycles. The van der Waals surface area contributed by atoms with Crippen LogP contribution in [-0.2, 0) is 14.8 Å². The lowest BCUT2D eigenvalue weighted by Gasteiger charge is -2.37. The van der Waals surface area contributed by atoms with Crippen LogP contribution in [0.5, 0.6) is 0 Å². The van der Waals surface area contributed by atoms with Gasteiger partial charge < -0.3 is 15.0 Å². The largest absolute Gasteiger partial charge is 0.372 e. The Hall–Kier alpha value is -2.49. The average Bonchev–Trinajstić information content (AvgIpc) is 2.72. The first-order valence-electron chi connectivity index (χ1n) is 10.6. The van der Waals surface area contributed by atoms with Crippen molar-refractivity contribution in [1.82, 2.24) is 4.31 Å². The summed E-state index contributed by atoms with van der Waals surface area (Å²) in [6, 6.07) is 10.1. The molecule has 1 N–H and O–H groups in total. The number of halogens is 1. The minimum Gasteiger partial charge on any atom is -0.372 e. The number of rotatable bonds is 6. The molecule has 0 radical (unpaired) electrons. The summed E-state index contributed by atoms with van der Waals surface area (Å²) in [7, 11) is -2.23. The molecule has 0 bridgehead atoms. The number of hydrogen-bond donors (Lipinski definition) is 1. The van der Waals surface area contributed by atoms with Gasteiger partial charge in [0.15, 0.2) is 0 Å². The van der Waals surface area contributed by atoms with Crippen molar-refractivity contribution in [1.29, 1.82) is 0 Å². The van der Waals surface area contributed by atoms with Crippen LogP contribution in [0.3, 0.4) is 0 Å². The second-order valence-electron chi connectivity index (χ2n) is 8.43. The first-order valence-corrected chi connectivity index (χ1v) is 12.0. The Morgan fingerprint density at radius 3 is 2.41 bits per heavy atom. The standard InChI is InChI=1S/C23H30FN3O4S/c1-15(2)26(5)32(29,30)20-8-6-7-18(11-20)23(28)25-19-9-10-22(21(24)12-19)27-13-16(3)31-17(4)14-27/h6-12,15-17H,13-14H2,1-5H3,(H,25,28). The van der Waals surface area contributed by atoms with E-state index in [-0.39, 0.29) is 34.4 Å². The molecule has 1 fully saturated rings. The van der Waals surface area contributed by atoms with Crippen molar-refractivity contribution in [2.75, 3.05) is 30.4 Å². The van der Waals surface area contributed by atoms with E-state index in [1.165, 1.54) is 41.7 Å². The zero-order valence-corrected chi connectivity index (χ0v) is 19.8.